The first-order chi connectivity index (χ1) is 7.77. The summed E-state index contributed by atoms with van der Waals surface area (Å²) in [4.78, 5) is 0. The third kappa shape index (κ3) is 4.22. The Hall–Kier alpha value is -1.04. The summed E-state index contributed by atoms with van der Waals surface area (Å²) in [7, 11) is 0. The van der Waals surface area contributed by atoms with Gasteiger partial charge in [-0.2, -0.15) is 0 Å². The molecule has 0 aromatic heterocycles. The minimum atomic E-state index is 0.637. The van der Waals surface area contributed by atoms with Crippen molar-refractivity contribution in [2.45, 2.75) is 52.4 Å². The fourth-order valence-corrected chi connectivity index (χ4v) is 1.90. The molecule has 16 heavy (non-hydrogen) atoms. The predicted octanol–water partition coefficient (Wildman–Crippen LogP) is 5.10. The van der Waals surface area contributed by atoms with Gasteiger partial charge in [-0.3, -0.25) is 0 Å². The van der Waals surface area contributed by atoms with Crippen molar-refractivity contribution >= 4 is 0 Å². The summed E-state index contributed by atoms with van der Waals surface area (Å²) < 4.78 is 0. The maximum atomic E-state index is 2.30. The molecular formula is C16H24. The molecule has 0 fully saturated rings. The lowest BCUT2D eigenvalue weighted by atomic mass is 9.96. The fraction of sp³-hybridized carbons (Fsp3) is 0.500. The van der Waals surface area contributed by atoms with Crippen molar-refractivity contribution in [2.24, 2.45) is 0 Å². The van der Waals surface area contributed by atoms with E-state index in [0.717, 1.165) is 12.8 Å². The van der Waals surface area contributed by atoms with Crippen LogP contribution in [0, 0.1) is 0 Å². The molecule has 0 aliphatic heterocycles. The Labute approximate surface area is 100 Å². The number of hydrogen-bond donors (Lipinski definition) is 0. The van der Waals surface area contributed by atoms with Crippen molar-refractivity contribution in [1.82, 2.24) is 0 Å². The normalized spacial score (nSPS) is 13.2. The molecule has 1 atom stereocenters. The van der Waals surface area contributed by atoms with Crippen molar-refractivity contribution in [3.63, 3.8) is 0 Å². The van der Waals surface area contributed by atoms with E-state index >= 15 is 0 Å². The van der Waals surface area contributed by atoms with Crippen LogP contribution in [0.4, 0.5) is 0 Å². The summed E-state index contributed by atoms with van der Waals surface area (Å²) in [6, 6.07) is 9.13. The van der Waals surface area contributed by atoms with Gasteiger partial charge < -0.3 is 0 Å². The second-order valence-corrected chi connectivity index (χ2v) is 4.51. The molecule has 0 aliphatic rings. The van der Waals surface area contributed by atoms with Crippen LogP contribution in [0.5, 0.6) is 0 Å². The zero-order chi connectivity index (χ0) is 11.8. The standard InChI is InChI=1S/C16H24/c1-4-6-7-9-14(3)16-12-10-15(8-5-2)11-13-16/h6-7,10-14H,4-5,8-9H2,1-3H3/b7-6-. The van der Waals surface area contributed by atoms with Gasteiger partial charge in [-0.1, -0.05) is 63.6 Å². The van der Waals surface area contributed by atoms with Gasteiger partial charge in [-0.05, 0) is 36.3 Å². The Balaban J connectivity index is 2.55. The molecule has 0 spiro atoms. The maximum Gasteiger partial charge on any atom is -0.0156 e. The average molecular weight is 216 g/mol. The Bertz CT molecular complexity index is 305. The van der Waals surface area contributed by atoms with E-state index in [1.807, 2.05) is 0 Å². The number of hydrogen-bond acceptors (Lipinski definition) is 0. The van der Waals surface area contributed by atoms with E-state index in [1.165, 1.54) is 24.0 Å². The van der Waals surface area contributed by atoms with Crippen LogP contribution < -0.4 is 0 Å². The first-order valence-electron chi connectivity index (χ1n) is 6.51. The Morgan fingerprint density at radius 1 is 1.06 bits per heavy atom. The van der Waals surface area contributed by atoms with Crippen LogP contribution in [0.3, 0.4) is 0 Å². The zero-order valence-corrected chi connectivity index (χ0v) is 10.9. The van der Waals surface area contributed by atoms with Crippen molar-refractivity contribution < 1.29 is 0 Å². The third-order valence-corrected chi connectivity index (χ3v) is 2.98. The number of benzene rings is 1. The molecule has 0 aliphatic carbocycles. The largest absolute Gasteiger partial charge is 0.0888 e. The number of aryl methyl sites for hydroxylation is 1. The molecule has 0 amide bonds. The molecule has 1 aromatic rings. The molecule has 1 unspecified atom stereocenters. The van der Waals surface area contributed by atoms with E-state index in [9.17, 15) is 0 Å². The maximum absolute atomic E-state index is 2.30. The Morgan fingerprint density at radius 2 is 1.75 bits per heavy atom. The molecule has 1 rings (SSSR count). The lowest BCUT2D eigenvalue weighted by Gasteiger charge is -2.10. The second kappa shape index (κ2) is 7.27. The van der Waals surface area contributed by atoms with Gasteiger partial charge in [0, 0.05) is 0 Å². The summed E-state index contributed by atoms with van der Waals surface area (Å²) >= 11 is 0. The Morgan fingerprint density at radius 3 is 2.31 bits per heavy atom. The van der Waals surface area contributed by atoms with Crippen molar-refractivity contribution in [3.05, 3.63) is 47.5 Å². The van der Waals surface area contributed by atoms with Crippen LogP contribution in [0.1, 0.15) is 57.1 Å². The minimum Gasteiger partial charge on any atom is -0.0888 e. The lowest BCUT2D eigenvalue weighted by molar-refractivity contribution is 0.777. The van der Waals surface area contributed by atoms with Crippen LogP contribution in [-0.2, 0) is 6.42 Å². The predicted molar refractivity (Wildman–Crippen MR) is 72.9 cm³/mol. The minimum absolute atomic E-state index is 0.637. The fourth-order valence-electron chi connectivity index (χ4n) is 1.90. The van der Waals surface area contributed by atoms with Gasteiger partial charge in [0.25, 0.3) is 0 Å². The quantitative estimate of drug-likeness (QED) is 0.580. The summed E-state index contributed by atoms with van der Waals surface area (Å²) in [6.45, 7) is 6.71. The smallest absolute Gasteiger partial charge is 0.0156 e. The van der Waals surface area contributed by atoms with E-state index in [0.29, 0.717) is 5.92 Å². The van der Waals surface area contributed by atoms with Gasteiger partial charge in [0.1, 0.15) is 0 Å². The van der Waals surface area contributed by atoms with E-state index in [1.54, 1.807) is 0 Å². The molecule has 0 saturated carbocycles. The van der Waals surface area contributed by atoms with Crippen LogP contribution >= 0.6 is 0 Å². The van der Waals surface area contributed by atoms with Gasteiger partial charge in [0.15, 0.2) is 0 Å². The van der Waals surface area contributed by atoms with Gasteiger partial charge in [-0.25, -0.2) is 0 Å². The monoisotopic (exact) mass is 216 g/mol. The molecule has 0 radical (unpaired) electrons. The summed E-state index contributed by atoms with van der Waals surface area (Å²) in [5, 5.41) is 0. The lowest BCUT2D eigenvalue weighted by Crippen LogP contribution is -1.92. The van der Waals surface area contributed by atoms with E-state index in [4.69, 9.17) is 0 Å². The van der Waals surface area contributed by atoms with Gasteiger partial charge in [0.2, 0.25) is 0 Å². The summed E-state index contributed by atoms with van der Waals surface area (Å²) in [6.07, 6.45) is 9.27. The summed E-state index contributed by atoms with van der Waals surface area (Å²) in [5.41, 5.74) is 2.92. The van der Waals surface area contributed by atoms with Crippen molar-refractivity contribution in [1.29, 1.82) is 0 Å². The highest BCUT2D eigenvalue weighted by Crippen LogP contribution is 2.20. The molecule has 0 heteroatoms. The van der Waals surface area contributed by atoms with Gasteiger partial charge in [-0.15, -0.1) is 0 Å². The first-order valence-corrected chi connectivity index (χ1v) is 6.51. The van der Waals surface area contributed by atoms with E-state index in [-0.39, 0.29) is 0 Å². The van der Waals surface area contributed by atoms with Gasteiger partial charge in [0.05, 0.1) is 0 Å². The van der Waals surface area contributed by atoms with Crippen LogP contribution in [0.25, 0.3) is 0 Å². The number of rotatable bonds is 6. The van der Waals surface area contributed by atoms with Crippen LogP contribution in [0.2, 0.25) is 0 Å². The van der Waals surface area contributed by atoms with E-state index in [2.05, 4.69) is 57.2 Å². The molecule has 0 saturated heterocycles. The number of allylic oxidation sites excluding steroid dienone is 2. The molecule has 0 heterocycles. The molecule has 0 bridgehead atoms. The topological polar surface area (TPSA) is 0 Å². The van der Waals surface area contributed by atoms with E-state index < -0.39 is 0 Å². The zero-order valence-electron chi connectivity index (χ0n) is 10.9. The van der Waals surface area contributed by atoms with Crippen LogP contribution in [0.15, 0.2) is 36.4 Å². The van der Waals surface area contributed by atoms with Crippen molar-refractivity contribution in [3.8, 4) is 0 Å². The van der Waals surface area contributed by atoms with Crippen molar-refractivity contribution in [2.75, 3.05) is 0 Å². The Kier molecular flexibility index (Phi) is 5.92. The highest BCUT2D eigenvalue weighted by Gasteiger charge is 2.02. The SMILES string of the molecule is CC/C=C\CC(C)c1ccc(CCC)cc1. The molecule has 0 N–H and O–H groups in total. The highest BCUT2D eigenvalue weighted by atomic mass is 14.1. The molecular weight excluding hydrogens is 192 g/mol. The first kappa shape index (κ1) is 13.0. The highest BCUT2D eigenvalue weighted by molar-refractivity contribution is 5.25. The second-order valence-electron chi connectivity index (χ2n) is 4.51. The molecule has 88 valence electrons. The molecule has 1 aromatic carbocycles. The van der Waals surface area contributed by atoms with Gasteiger partial charge >= 0.3 is 0 Å². The third-order valence-electron chi connectivity index (χ3n) is 2.98. The summed E-state index contributed by atoms with van der Waals surface area (Å²) in [5.74, 6) is 0.637. The van der Waals surface area contributed by atoms with Crippen LogP contribution in [-0.4, -0.2) is 0 Å². The average Bonchev–Trinajstić information content (AvgIpc) is 2.30. The molecule has 0 nitrogen and oxygen atoms in total.